The summed E-state index contributed by atoms with van der Waals surface area (Å²) in [6, 6.07) is 8.08. The Morgan fingerprint density at radius 3 is 2.76 bits per heavy atom. The van der Waals surface area contributed by atoms with E-state index < -0.39 is 5.54 Å². The van der Waals surface area contributed by atoms with Crippen LogP contribution in [0.4, 0.5) is 0 Å². The van der Waals surface area contributed by atoms with Crippen molar-refractivity contribution in [2.45, 2.75) is 30.7 Å². The number of hydrogen-bond acceptors (Lipinski definition) is 4. The fraction of sp³-hybridized carbons (Fsp3) is 0.500. The molecule has 5 nitrogen and oxygen atoms in total. The Kier molecular flexibility index (Phi) is 2.61. The van der Waals surface area contributed by atoms with Crippen LogP contribution >= 0.6 is 0 Å². The lowest BCUT2D eigenvalue weighted by molar-refractivity contribution is -0.123. The zero-order chi connectivity index (χ0) is 14.4. The number of ether oxygens (including phenoxy) is 2. The van der Waals surface area contributed by atoms with Crippen molar-refractivity contribution < 1.29 is 14.3 Å². The molecule has 0 radical (unpaired) electrons. The van der Waals surface area contributed by atoms with Crippen LogP contribution in [-0.4, -0.2) is 24.7 Å². The second-order valence-corrected chi connectivity index (χ2v) is 6.03. The standard InChI is InChI=1S/C16H16N2O3/c17-9-16(3-4-16)18-15(19)12-8-11(12)10-1-2-13-14(7-10)21-6-5-20-13/h1-2,7,11-12H,3-6,8H2,(H,18,19)/t11-,12-/m1/s1. The summed E-state index contributed by atoms with van der Waals surface area (Å²) in [5.74, 6) is 1.76. The van der Waals surface area contributed by atoms with Gasteiger partial charge in [-0.3, -0.25) is 4.79 Å². The van der Waals surface area contributed by atoms with Crippen molar-refractivity contribution in [2.75, 3.05) is 13.2 Å². The molecular formula is C16H16N2O3. The molecule has 108 valence electrons. The van der Waals surface area contributed by atoms with E-state index in [1.54, 1.807) is 0 Å². The maximum Gasteiger partial charge on any atom is 0.224 e. The molecular weight excluding hydrogens is 268 g/mol. The molecule has 2 aliphatic carbocycles. The first kappa shape index (κ1) is 12.5. The molecule has 5 heteroatoms. The fourth-order valence-corrected chi connectivity index (χ4v) is 2.86. The number of carbonyl (C=O) groups is 1. The van der Waals surface area contributed by atoms with E-state index in [-0.39, 0.29) is 17.7 Å². The first-order valence-corrected chi connectivity index (χ1v) is 7.34. The van der Waals surface area contributed by atoms with E-state index in [0.717, 1.165) is 36.3 Å². The molecule has 1 amide bonds. The number of nitriles is 1. The van der Waals surface area contributed by atoms with E-state index in [0.29, 0.717) is 13.2 Å². The first-order valence-electron chi connectivity index (χ1n) is 7.34. The average molecular weight is 284 g/mol. The van der Waals surface area contributed by atoms with E-state index in [4.69, 9.17) is 14.7 Å². The third kappa shape index (κ3) is 2.21. The molecule has 1 aliphatic heterocycles. The Labute approximate surface area is 122 Å². The predicted molar refractivity (Wildman–Crippen MR) is 74.0 cm³/mol. The second-order valence-electron chi connectivity index (χ2n) is 6.03. The smallest absolute Gasteiger partial charge is 0.224 e. The number of benzene rings is 1. The van der Waals surface area contributed by atoms with Gasteiger partial charge in [-0.05, 0) is 42.9 Å². The quantitative estimate of drug-likeness (QED) is 0.917. The molecule has 2 fully saturated rings. The highest BCUT2D eigenvalue weighted by molar-refractivity contribution is 5.84. The van der Waals surface area contributed by atoms with Gasteiger partial charge in [0.15, 0.2) is 11.5 Å². The van der Waals surface area contributed by atoms with Crippen LogP contribution in [0.1, 0.15) is 30.7 Å². The number of fused-ring (bicyclic) bond motifs is 1. The van der Waals surface area contributed by atoms with Gasteiger partial charge in [0, 0.05) is 5.92 Å². The Morgan fingerprint density at radius 2 is 2.05 bits per heavy atom. The lowest BCUT2D eigenvalue weighted by Gasteiger charge is -2.19. The second kappa shape index (κ2) is 4.39. The van der Waals surface area contributed by atoms with Crippen LogP contribution in [0.5, 0.6) is 11.5 Å². The Bertz CT molecular complexity index is 645. The Hall–Kier alpha value is -2.22. The number of amides is 1. The lowest BCUT2D eigenvalue weighted by Crippen LogP contribution is -2.36. The normalized spacial score (nSPS) is 27.4. The summed E-state index contributed by atoms with van der Waals surface area (Å²) in [5, 5.41) is 11.9. The zero-order valence-electron chi connectivity index (χ0n) is 11.6. The van der Waals surface area contributed by atoms with Gasteiger partial charge >= 0.3 is 0 Å². The molecule has 0 spiro atoms. The predicted octanol–water partition coefficient (Wildman–Crippen LogP) is 1.73. The molecule has 2 atom stereocenters. The molecule has 2 saturated carbocycles. The van der Waals surface area contributed by atoms with Crippen LogP contribution in [-0.2, 0) is 4.79 Å². The van der Waals surface area contributed by atoms with Gasteiger partial charge in [0.1, 0.15) is 18.8 Å². The maximum absolute atomic E-state index is 12.2. The largest absolute Gasteiger partial charge is 0.486 e. The molecule has 1 aromatic carbocycles. The van der Waals surface area contributed by atoms with Crippen LogP contribution in [0.3, 0.4) is 0 Å². The van der Waals surface area contributed by atoms with Gasteiger partial charge in [-0.2, -0.15) is 5.26 Å². The summed E-state index contributed by atoms with van der Waals surface area (Å²) in [7, 11) is 0. The summed E-state index contributed by atoms with van der Waals surface area (Å²) in [6.07, 6.45) is 2.39. The summed E-state index contributed by atoms with van der Waals surface area (Å²) in [4.78, 5) is 12.2. The monoisotopic (exact) mass is 284 g/mol. The summed E-state index contributed by atoms with van der Waals surface area (Å²) < 4.78 is 11.1. The number of nitrogens with zero attached hydrogens (tertiary/aromatic N) is 1. The maximum atomic E-state index is 12.2. The van der Waals surface area contributed by atoms with Crippen molar-refractivity contribution in [3.63, 3.8) is 0 Å². The highest BCUT2D eigenvalue weighted by atomic mass is 16.6. The topological polar surface area (TPSA) is 71.4 Å². The minimum atomic E-state index is -0.572. The molecule has 1 heterocycles. The molecule has 3 aliphatic rings. The van der Waals surface area contributed by atoms with Gasteiger partial charge in [-0.1, -0.05) is 6.07 Å². The fourth-order valence-electron chi connectivity index (χ4n) is 2.86. The third-order valence-corrected chi connectivity index (χ3v) is 4.45. The van der Waals surface area contributed by atoms with Crippen LogP contribution in [0.2, 0.25) is 0 Å². The Morgan fingerprint density at radius 1 is 1.29 bits per heavy atom. The minimum absolute atomic E-state index is 0.00828. The van der Waals surface area contributed by atoms with Gasteiger partial charge in [-0.25, -0.2) is 0 Å². The molecule has 0 aromatic heterocycles. The Balaban J connectivity index is 1.45. The van der Waals surface area contributed by atoms with Crippen molar-refractivity contribution in [3.8, 4) is 17.6 Å². The van der Waals surface area contributed by atoms with Crippen molar-refractivity contribution in [1.29, 1.82) is 5.26 Å². The SMILES string of the molecule is N#CC1(NC(=O)[C@@H]2C[C@@H]2c2ccc3c(c2)OCCO3)CC1. The number of carbonyl (C=O) groups excluding carboxylic acids is 1. The van der Waals surface area contributed by atoms with Crippen molar-refractivity contribution >= 4 is 5.91 Å². The van der Waals surface area contributed by atoms with Gasteiger partial charge < -0.3 is 14.8 Å². The van der Waals surface area contributed by atoms with Crippen molar-refractivity contribution in [3.05, 3.63) is 23.8 Å². The molecule has 1 aromatic rings. The van der Waals surface area contributed by atoms with Gasteiger partial charge in [0.25, 0.3) is 0 Å². The molecule has 4 rings (SSSR count). The van der Waals surface area contributed by atoms with E-state index in [9.17, 15) is 4.79 Å². The number of nitrogens with one attached hydrogen (secondary N) is 1. The highest BCUT2D eigenvalue weighted by Crippen LogP contribution is 2.50. The van der Waals surface area contributed by atoms with E-state index in [1.165, 1.54) is 0 Å². The highest BCUT2D eigenvalue weighted by Gasteiger charge is 2.50. The van der Waals surface area contributed by atoms with Crippen molar-refractivity contribution in [2.24, 2.45) is 5.92 Å². The van der Waals surface area contributed by atoms with Crippen LogP contribution in [0, 0.1) is 17.2 Å². The van der Waals surface area contributed by atoms with Gasteiger partial charge in [0.2, 0.25) is 5.91 Å². The zero-order valence-corrected chi connectivity index (χ0v) is 11.6. The lowest BCUT2D eigenvalue weighted by atomic mass is 10.1. The number of hydrogen-bond donors (Lipinski definition) is 1. The summed E-state index contributed by atoms with van der Waals surface area (Å²) >= 11 is 0. The third-order valence-electron chi connectivity index (χ3n) is 4.45. The van der Waals surface area contributed by atoms with E-state index >= 15 is 0 Å². The molecule has 21 heavy (non-hydrogen) atoms. The number of rotatable bonds is 3. The molecule has 1 N–H and O–H groups in total. The minimum Gasteiger partial charge on any atom is -0.486 e. The summed E-state index contributed by atoms with van der Waals surface area (Å²) in [5.41, 5.74) is 0.540. The van der Waals surface area contributed by atoms with Gasteiger partial charge in [-0.15, -0.1) is 0 Å². The summed E-state index contributed by atoms with van der Waals surface area (Å²) in [6.45, 7) is 1.15. The van der Waals surface area contributed by atoms with Crippen molar-refractivity contribution in [1.82, 2.24) is 5.32 Å². The average Bonchev–Trinajstić information content (AvgIpc) is 3.41. The van der Waals surface area contributed by atoms with Crippen LogP contribution in [0.15, 0.2) is 18.2 Å². The molecule has 0 unspecified atom stereocenters. The molecule has 0 saturated heterocycles. The van der Waals surface area contributed by atoms with Gasteiger partial charge in [0.05, 0.1) is 6.07 Å². The van der Waals surface area contributed by atoms with E-state index in [2.05, 4.69) is 11.4 Å². The first-order chi connectivity index (χ1) is 10.2. The van der Waals surface area contributed by atoms with Crippen LogP contribution < -0.4 is 14.8 Å². The van der Waals surface area contributed by atoms with Crippen LogP contribution in [0.25, 0.3) is 0 Å². The van der Waals surface area contributed by atoms with E-state index in [1.807, 2.05) is 18.2 Å². The molecule has 0 bridgehead atoms.